The zero-order valence-corrected chi connectivity index (χ0v) is 9.41. The first kappa shape index (κ1) is 10.1. The van der Waals surface area contributed by atoms with E-state index in [0.29, 0.717) is 10.8 Å². The molecule has 0 aromatic rings. The maximum absolute atomic E-state index is 2.46. The highest BCUT2D eigenvalue weighted by atomic mass is 14.5. The molecule has 0 amide bonds. The second kappa shape index (κ2) is 3.05. The van der Waals surface area contributed by atoms with E-state index in [1.165, 1.54) is 25.7 Å². The second-order valence-electron chi connectivity index (χ2n) is 5.59. The van der Waals surface area contributed by atoms with Crippen molar-refractivity contribution in [2.45, 2.75) is 60.3 Å². The van der Waals surface area contributed by atoms with Gasteiger partial charge in [-0.15, -0.1) is 0 Å². The molecule has 0 saturated heterocycles. The van der Waals surface area contributed by atoms with Gasteiger partial charge in [0, 0.05) is 0 Å². The van der Waals surface area contributed by atoms with E-state index in [-0.39, 0.29) is 0 Å². The van der Waals surface area contributed by atoms with E-state index >= 15 is 0 Å². The van der Waals surface area contributed by atoms with Crippen LogP contribution in [0, 0.1) is 16.7 Å². The van der Waals surface area contributed by atoms with Gasteiger partial charge in [0.2, 0.25) is 0 Å². The molecule has 0 atom stereocenters. The predicted octanol–water partition coefficient (Wildman–Crippen LogP) is 4.25. The van der Waals surface area contributed by atoms with Crippen molar-refractivity contribution in [3.8, 4) is 0 Å². The molecule has 12 heavy (non-hydrogen) atoms. The third-order valence-electron chi connectivity index (χ3n) is 4.75. The topological polar surface area (TPSA) is 0 Å². The van der Waals surface area contributed by atoms with Gasteiger partial charge in [-0.25, -0.2) is 0 Å². The quantitative estimate of drug-likeness (QED) is 0.591. The van der Waals surface area contributed by atoms with E-state index in [2.05, 4.69) is 34.6 Å². The first-order chi connectivity index (χ1) is 5.42. The Morgan fingerprint density at radius 2 is 1.58 bits per heavy atom. The molecule has 1 saturated carbocycles. The summed E-state index contributed by atoms with van der Waals surface area (Å²) < 4.78 is 0. The Morgan fingerprint density at radius 3 is 1.83 bits per heavy atom. The third-order valence-corrected chi connectivity index (χ3v) is 4.75. The molecular formula is C12H24. The Kier molecular flexibility index (Phi) is 2.56. The molecule has 0 nitrogen and oxygen atoms in total. The molecule has 0 aromatic heterocycles. The molecule has 1 aliphatic carbocycles. The molecule has 1 fully saturated rings. The standard InChI is InChI=1S/C12H24/c1-6-11(2,3)12(4,5)10-8-7-9-10/h10H,6-9H2,1-5H3. The van der Waals surface area contributed by atoms with Crippen molar-refractivity contribution in [1.29, 1.82) is 0 Å². The summed E-state index contributed by atoms with van der Waals surface area (Å²) in [6.45, 7) is 12.1. The van der Waals surface area contributed by atoms with Crippen LogP contribution in [0.2, 0.25) is 0 Å². The summed E-state index contributed by atoms with van der Waals surface area (Å²) in [5, 5.41) is 0. The first-order valence-corrected chi connectivity index (χ1v) is 5.42. The molecule has 0 aromatic carbocycles. The van der Waals surface area contributed by atoms with Crippen LogP contribution in [-0.4, -0.2) is 0 Å². The van der Waals surface area contributed by atoms with Crippen LogP contribution in [-0.2, 0) is 0 Å². The van der Waals surface area contributed by atoms with Crippen LogP contribution in [0.25, 0.3) is 0 Å². The van der Waals surface area contributed by atoms with E-state index in [0.717, 1.165) is 5.92 Å². The number of hydrogen-bond acceptors (Lipinski definition) is 0. The van der Waals surface area contributed by atoms with Crippen LogP contribution in [0.5, 0.6) is 0 Å². The molecule has 0 heteroatoms. The van der Waals surface area contributed by atoms with Gasteiger partial charge in [0.25, 0.3) is 0 Å². The predicted molar refractivity (Wildman–Crippen MR) is 55.2 cm³/mol. The third kappa shape index (κ3) is 1.41. The van der Waals surface area contributed by atoms with Crippen LogP contribution in [0.3, 0.4) is 0 Å². The van der Waals surface area contributed by atoms with Gasteiger partial charge in [0.1, 0.15) is 0 Å². The highest BCUT2D eigenvalue weighted by Crippen LogP contribution is 2.53. The lowest BCUT2D eigenvalue weighted by Gasteiger charge is -2.50. The van der Waals surface area contributed by atoms with Crippen molar-refractivity contribution in [3.63, 3.8) is 0 Å². The highest BCUT2D eigenvalue weighted by molar-refractivity contribution is 4.93. The van der Waals surface area contributed by atoms with Crippen molar-refractivity contribution in [2.75, 3.05) is 0 Å². The summed E-state index contributed by atoms with van der Waals surface area (Å²) in [7, 11) is 0. The Balaban J connectivity index is 2.68. The summed E-state index contributed by atoms with van der Waals surface area (Å²) in [5.74, 6) is 0.993. The van der Waals surface area contributed by atoms with Crippen LogP contribution in [0.1, 0.15) is 60.3 Å². The van der Waals surface area contributed by atoms with Crippen molar-refractivity contribution in [3.05, 3.63) is 0 Å². The summed E-state index contributed by atoms with van der Waals surface area (Å²) >= 11 is 0. The van der Waals surface area contributed by atoms with Gasteiger partial charge in [0.15, 0.2) is 0 Å². The molecule has 1 rings (SSSR count). The van der Waals surface area contributed by atoms with Crippen LogP contribution < -0.4 is 0 Å². The average molecular weight is 168 g/mol. The van der Waals surface area contributed by atoms with E-state index in [1.54, 1.807) is 0 Å². The molecule has 0 bridgehead atoms. The Hall–Kier alpha value is 0. The van der Waals surface area contributed by atoms with Crippen LogP contribution >= 0.6 is 0 Å². The van der Waals surface area contributed by atoms with Crippen molar-refractivity contribution in [2.24, 2.45) is 16.7 Å². The maximum Gasteiger partial charge on any atom is -0.0275 e. The molecule has 0 heterocycles. The van der Waals surface area contributed by atoms with Gasteiger partial charge >= 0.3 is 0 Å². The maximum atomic E-state index is 2.46. The zero-order chi connectivity index (χ0) is 9.41. The molecule has 0 radical (unpaired) electrons. The van der Waals surface area contributed by atoms with Crippen molar-refractivity contribution >= 4 is 0 Å². The molecule has 0 aliphatic heterocycles. The monoisotopic (exact) mass is 168 g/mol. The van der Waals surface area contributed by atoms with Crippen molar-refractivity contribution in [1.82, 2.24) is 0 Å². The van der Waals surface area contributed by atoms with Gasteiger partial charge in [-0.05, 0) is 29.6 Å². The van der Waals surface area contributed by atoms with E-state index < -0.39 is 0 Å². The second-order valence-corrected chi connectivity index (χ2v) is 5.59. The van der Waals surface area contributed by atoms with Crippen LogP contribution in [0.4, 0.5) is 0 Å². The van der Waals surface area contributed by atoms with Crippen LogP contribution in [0.15, 0.2) is 0 Å². The first-order valence-electron chi connectivity index (χ1n) is 5.42. The Labute approximate surface area is 77.7 Å². The lowest BCUT2D eigenvalue weighted by molar-refractivity contribution is -0.00488. The van der Waals surface area contributed by atoms with Gasteiger partial charge in [-0.2, -0.15) is 0 Å². The van der Waals surface area contributed by atoms with Gasteiger partial charge in [0.05, 0.1) is 0 Å². The molecule has 1 aliphatic rings. The van der Waals surface area contributed by atoms with Crippen molar-refractivity contribution < 1.29 is 0 Å². The minimum atomic E-state index is 0.512. The normalized spacial score (nSPS) is 20.8. The summed E-state index contributed by atoms with van der Waals surface area (Å²) in [4.78, 5) is 0. The summed E-state index contributed by atoms with van der Waals surface area (Å²) in [5.41, 5.74) is 1.05. The minimum Gasteiger partial charge on any atom is -0.0649 e. The highest BCUT2D eigenvalue weighted by Gasteiger charge is 2.43. The van der Waals surface area contributed by atoms with Gasteiger partial charge < -0.3 is 0 Å². The van der Waals surface area contributed by atoms with Gasteiger partial charge in [-0.3, -0.25) is 0 Å². The molecule has 0 unspecified atom stereocenters. The number of hydrogen-bond donors (Lipinski definition) is 0. The minimum absolute atomic E-state index is 0.512. The SMILES string of the molecule is CCC(C)(C)C(C)(C)C1CCC1. The van der Waals surface area contributed by atoms with E-state index in [4.69, 9.17) is 0 Å². The molecular weight excluding hydrogens is 144 g/mol. The van der Waals surface area contributed by atoms with E-state index in [1.807, 2.05) is 0 Å². The largest absolute Gasteiger partial charge is 0.0649 e. The zero-order valence-electron chi connectivity index (χ0n) is 9.41. The fourth-order valence-corrected chi connectivity index (χ4v) is 2.14. The van der Waals surface area contributed by atoms with E-state index in [9.17, 15) is 0 Å². The Morgan fingerprint density at radius 1 is 1.08 bits per heavy atom. The molecule has 0 spiro atoms. The molecule has 0 N–H and O–H groups in total. The smallest absolute Gasteiger partial charge is 0.0275 e. The fraction of sp³-hybridized carbons (Fsp3) is 1.00. The summed E-state index contributed by atoms with van der Waals surface area (Å²) in [6.07, 6.45) is 5.71. The lowest BCUT2D eigenvalue weighted by Crippen LogP contribution is -2.41. The Bertz CT molecular complexity index is 149. The average Bonchev–Trinajstić information content (AvgIpc) is 1.82. The fourth-order valence-electron chi connectivity index (χ4n) is 2.14. The number of rotatable bonds is 3. The summed E-state index contributed by atoms with van der Waals surface area (Å²) in [6, 6.07) is 0. The molecule has 72 valence electrons. The van der Waals surface area contributed by atoms with Gasteiger partial charge in [-0.1, -0.05) is 47.5 Å². The lowest BCUT2D eigenvalue weighted by atomic mass is 9.55.